The van der Waals surface area contributed by atoms with E-state index in [0.29, 0.717) is 11.1 Å². The van der Waals surface area contributed by atoms with E-state index in [0.717, 1.165) is 0 Å². The molecule has 0 aliphatic carbocycles. The van der Waals surface area contributed by atoms with Crippen LogP contribution in [0.1, 0.15) is 18.1 Å². The van der Waals surface area contributed by atoms with Crippen molar-refractivity contribution in [1.29, 1.82) is 5.26 Å². The number of hydrogen-bond acceptors (Lipinski definition) is 3. The molecule has 0 aromatic heterocycles. The Bertz CT molecular complexity index is 501. The quantitative estimate of drug-likeness (QED) is 0.458. The third-order valence-electron chi connectivity index (χ3n) is 2.11. The Balaban J connectivity index is 3.03. The van der Waals surface area contributed by atoms with Gasteiger partial charge in [-0.15, -0.1) is 0 Å². The molecule has 0 unspecified atom stereocenters. The first-order valence-electron chi connectivity index (χ1n) is 5.13. The molecule has 0 fully saturated rings. The average molecular weight is 233 g/mol. The van der Waals surface area contributed by atoms with Gasteiger partial charge < -0.3 is 4.74 Å². The average Bonchev–Trinajstić information content (AvgIpc) is 2.30. The van der Waals surface area contributed by atoms with Crippen LogP contribution in [0.4, 0.5) is 4.39 Å². The van der Waals surface area contributed by atoms with Crippen LogP contribution in [0.2, 0.25) is 0 Å². The van der Waals surface area contributed by atoms with Crippen LogP contribution in [0.25, 0.3) is 6.08 Å². The smallest absolute Gasteiger partial charge is 0.348 e. The molecule has 0 radical (unpaired) electrons. The van der Waals surface area contributed by atoms with Crippen molar-refractivity contribution >= 4 is 12.0 Å². The maximum absolute atomic E-state index is 13.0. The molecule has 88 valence electrons. The molecule has 0 atom stereocenters. The SMILES string of the molecule is CCOC(=O)C(C#N)=Cc1ccc(F)c(C)c1. The van der Waals surface area contributed by atoms with Crippen molar-refractivity contribution in [2.45, 2.75) is 13.8 Å². The summed E-state index contributed by atoms with van der Waals surface area (Å²) in [5.74, 6) is -0.992. The molecule has 1 aromatic rings. The number of carbonyl (C=O) groups is 1. The van der Waals surface area contributed by atoms with Crippen LogP contribution in [-0.4, -0.2) is 12.6 Å². The molecule has 0 saturated heterocycles. The van der Waals surface area contributed by atoms with Gasteiger partial charge in [-0.1, -0.05) is 6.07 Å². The lowest BCUT2D eigenvalue weighted by Crippen LogP contribution is -2.06. The molecule has 17 heavy (non-hydrogen) atoms. The number of hydrogen-bond donors (Lipinski definition) is 0. The Morgan fingerprint density at radius 1 is 1.59 bits per heavy atom. The van der Waals surface area contributed by atoms with Crippen LogP contribution in [0.5, 0.6) is 0 Å². The van der Waals surface area contributed by atoms with Gasteiger partial charge in [-0.2, -0.15) is 5.26 Å². The molecule has 0 heterocycles. The minimum atomic E-state index is -0.669. The zero-order valence-corrected chi connectivity index (χ0v) is 9.66. The van der Waals surface area contributed by atoms with Gasteiger partial charge in [-0.25, -0.2) is 9.18 Å². The summed E-state index contributed by atoms with van der Waals surface area (Å²) >= 11 is 0. The molecule has 0 N–H and O–H groups in total. The summed E-state index contributed by atoms with van der Waals surface area (Å²) in [6.07, 6.45) is 1.38. The van der Waals surface area contributed by atoms with Gasteiger partial charge in [-0.05, 0) is 43.2 Å². The van der Waals surface area contributed by atoms with Gasteiger partial charge >= 0.3 is 5.97 Å². The highest BCUT2D eigenvalue weighted by Crippen LogP contribution is 2.13. The standard InChI is InChI=1S/C13H12FNO2/c1-3-17-13(16)11(8-15)7-10-4-5-12(14)9(2)6-10/h4-7H,3H2,1-2H3. The van der Waals surface area contributed by atoms with Crippen LogP contribution in [0.3, 0.4) is 0 Å². The molecule has 0 saturated carbocycles. The lowest BCUT2D eigenvalue weighted by molar-refractivity contribution is -0.137. The third kappa shape index (κ3) is 3.42. The number of rotatable bonds is 3. The number of carbonyl (C=O) groups excluding carboxylic acids is 1. The number of esters is 1. The van der Waals surface area contributed by atoms with Crippen molar-refractivity contribution in [3.63, 3.8) is 0 Å². The van der Waals surface area contributed by atoms with E-state index < -0.39 is 5.97 Å². The Morgan fingerprint density at radius 3 is 2.82 bits per heavy atom. The van der Waals surface area contributed by atoms with Crippen molar-refractivity contribution in [3.05, 3.63) is 40.7 Å². The van der Waals surface area contributed by atoms with E-state index in [-0.39, 0.29) is 18.0 Å². The maximum atomic E-state index is 13.0. The lowest BCUT2D eigenvalue weighted by atomic mass is 10.1. The molecule has 0 amide bonds. The number of nitriles is 1. The van der Waals surface area contributed by atoms with Gasteiger partial charge in [0.2, 0.25) is 0 Å². The van der Waals surface area contributed by atoms with Crippen molar-refractivity contribution in [1.82, 2.24) is 0 Å². The van der Waals surface area contributed by atoms with Gasteiger partial charge in [-0.3, -0.25) is 0 Å². The van der Waals surface area contributed by atoms with E-state index in [1.807, 2.05) is 0 Å². The van der Waals surface area contributed by atoms with E-state index in [4.69, 9.17) is 10.00 Å². The fourth-order valence-corrected chi connectivity index (χ4v) is 1.27. The second-order valence-electron chi connectivity index (χ2n) is 3.40. The van der Waals surface area contributed by atoms with Crippen molar-refractivity contribution in [3.8, 4) is 6.07 Å². The summed E-state index contributed by atoms with van der Waals surface area (Å²) in [4.78, 5) is 11.3. The van der Waals surface area contributed by atoms with E-state index in [9.17, 15) is 9.18 Å². The molecule has 1 aromatic carbocycles. The summed E-state index contributed by atoms with van der Waals surface area (Å²) < 4.78 is 17.7. The molecule has 0 bridgehead atoms. The number of ether oxygens (including phenoxy) is 1. The Labute approximate surface area is 99.1 Å². The highest BCUT2D eigenvalue weighted by Gasteiger charge is 2.09. The van der Waals surface area contributed by atoms with Gasteiger partial charge in [0.15, 0.2) is 0 Å². The molecule has 4 heteroatoms. The predicted molar refractivity (Wildman–Crippen MR) is 61.4 cm³/mol. The molecular weight excluding hydrogens is 221 g/mol. The van der Waals surface area contributed by atoms with Crippen molar-refractivity contribution < 1.29 is 13.9 Å². The summed E-state index contributed by atoms with van der Waals surface area (Å²) in [6, 6.07) is 6.12. The highest BCUT2D eigenvalue weighted by molar-refractivity contribution is 5.97. The van der Waals surface area contributed by atoms with Crippen LogP contribution >= 0.6 is 0 Å². The van der Waals surface area contributed by atoms with Gasteiger partial charge in [0.05, 0.1) is 6.61 Å². The largest absolute Gasteiger partial charge is 0.462 e. The van der Waals surface area contributed by atoms with E-state index in [2.05, 4.69) is 0 Å². The van der Waals surface area contributed by atoms with E-state index in [1.54, 1.807) is 26.0 Å². The zero-order chi connectivity index (χ0) is 12.8. The fraction of sp³-hybridized carbons (Fsp3) is 0.231. The first-order chi connectivity index (χ1) is 8.08. The zero-order valence-electron chi connectivity index (χ0n) is 9.66. The number of benzene rings is 1. The minimum absolute atomic E-state index is 0.0992. The second-order valence-corrected chi connectivity index (χ2v) is 3.40. The monoisotopic (exact) mass is 233 g/mol. The third-order valence-corrected chi connectivity index (χ3v) is 2.11. The Morgan fingerprint density at radius 2 is 2.29 bits per heavy atom. The number of halogens is 1. The van der Waals surface area contributed by atoms with Gasteiger partial charge in [0, 0.05) is 0 Å². The summed E-state index contributed by atoms with van der Waals surface area (Å²) in [7, 11) is 0. The highest BCUT2D eigenvalue weighted by atomic mass is 19.1. The molecular formula is C13H12FNO2. The normalized spacial score (nSPS) is 10.8. The lowest BCUT2D eigenvalue weighted by Gasteiger charge is -2.01. The van der Waals surface area contributed by atoms with Crippen molar-refractivity contribution in [2.75, 3.05) is 6.61 Å². The van der Waals surface area contributed by atoms with Crippen LogP contribution < -0.4 is 0 Å². The van der Waals surface area contributed by atoms with Crippen LogP contribution in [0.15, 0.2) is 23.8 Å². The predicted octanol–water partition coefficient (Wildman–Crippen LogP) is 2.60. The molecule has 3 nitrogen and oxygen atoms in total. The van der Waals surface area contributed by atoms with Crippen molar-refractivity contribution in [2.24, 2.45) is 0 Å². The Hall–Kier alpha value is -2.15. The molecule has 1 rings (SSSR count). The maximum Gasteiger partial charge on any atom is 0.348 e. The summed E-state index contributed by atoms with van der Waals surface area (Å²) in [5, 5.41) is 8.82. The second kappa shape index (κ2) is 5.80. The molecule has 0 aliphatic heterocycles. The summed E-state index contributed by atoms with van der Waals surface area (Å²) in [6.45, 7) is 3.48. The topological polar surface area (TPSA) is 50.1 Å². The number of aryl methyl sites for hydroxylation is 1. The van der Waals surface area contributed by atoms with Gasteiger partial charge in [0.1, 0.15) is 17.5 Å². The van der Waals surface area contributed by atoms with Gasteiger partial charge in [0.25, 0.3) is 0 Å². The Kier molecular flexibility index (Phi) is 4.41. The van der Waals surface area contributed by atoms with Crippen LogP contribution in [-0.2, 0) is 9.53 Å². The molecule has 0 aliphatic rings. The minimum Gasteiger partial charge on any atom is -0.462 e. The van der Waals surface area contributed by atoms with E-state index >= 15 is 0 Å². The summed E-state index contributed by atoms with van der Waals surface area (Å²) in [5.41, 5.74) is 0.950. The number of nitrogens with zero attached hydrogens (tertiary/aromatic N) is 1. The fourth-order valence-electron chi connectivity index (χ4n) is 1.27. The van der Waals surface area contributed by atoms with E-state index in [1.165, 1.54) is 18.2 Å². The first kappa shape index (κ1) is 12.9. The van der Waals surface area contributed by atoms with Crippen LogP contribution in [0, 0.1) is 24.1 Å². The molecule has 0 spiro atoms. The first-order valence-corrected chi connectivity index (χ1v) is 5.13.